The Hall–Kier alpha value is -2.99. The molecule has 2 aromatic carbocycles. The first-order valence-corrected chi connectivity index (χ1v) is 9.28. The molecule has 2 aromatic rings. The van der Waals surface area contributed by atoms with Crippen LogP contribution in [0.5, 0.6) is 0 Å². The van der Waals surface area contributed by atoms with E-state index in [1.54, 1.807) is 42.5 Å². The lowest BCUT2D eigenvalue weighted by molar-refractivity contribution is -0.140. The normalized spacial score (nSPS) is 24.1. The number of rotatable bonds is 4. The van der Waals surface area contributed by atoms with Gasteiger partial charge in [-0.3, -0.25) is 9.59 Å². The maximum Gasteiger partial charge on any atom is 0.295 e. The van der Waals surface area contributed by atoms with E-state index in [1.165, 1.54) is 17.0 Å². The summed E-state index contributed by atoms with van der Waals surface area (Å²) in [7, 11) is 0. The molecule has 4 rings (SSSR count). The van der Waals surface area contributed by atoms with E-state index in [1.807, 2.05) is 0 Å². The molecule has 28 heavy (non-hydrogen) atoms. The second-order valence-corrected chi connectivity index (χ2v) is 6.97. The number of amides is 1. The van der Waals surface area contributed by atoms with Crippen LogP contribution in [0.4, 0.5) is 4.39 Å². The second-order valence-electron chi connectivity index (χ2n) is 6.97. The molecule has 0 aromatic heterocycles. The van der Waals surface area contributed by atoms with Gasteiger partial charge >= 0.3 is 0 Å². The zero-order valence-electron chi connectivity index (χ0n) is 15.2. The maximum absolute atomic E-state index is 14.6. The van der Waals surface area contributed by atoms with E-state index in [0.717, 1.165) is 12.8 Å². The lowest BCUT2D eigenvalue weighted by Gasteiger charge is -2.27. The largest absolute Gasteiger partial charge is 0.507 e. The van der Waals surface area contributed by atoms with E-state index < -0.39 is 23.5 Å². The molecule has 1 amide bonds. The van der Waals surface area contributed by atoms with Crippen molar-refractivity contribution in [3.63, 3.8) is 0 Å². The molecular formula is C22H20FNO4. The summed E-state index contributed by atoms with van der Waals surface area (Å²) in [4.78, 5) is 26.9. The second kappa shape index (κ2) is 7.56. The highest BCUT2D eigenvalue weighted by atomic mass is 19.1. The highest BCUT2D eigenvalue weighted by Crippen LogP contribution is 2.40. The van der Waals surface area contributed by atoms with Crippen LogP contribution in [-0.2, 0) is 14.3 Å². The predicted octanol–water partition coefficient (Wildman–Crippen LogP) is 3.43. The third kappa shape index (κ3) is 3.20. The van der Waals surface area contributed by atoms with Gasteiger partial charge in [0.15, 0.2) is 0 Å². The van der Waals surface area contributed by atoms with Crippen LogP contribution in [0.15, 0.2) is 60.2 Å². The Balaban J connectivity index is 1.84. The molecule has 0 unspecified atom stereocenters. The molecule has 0 spiro atoms. The van der Waals surface area contributed by atoms with Crippen molar-refractivity contribution in [1.82, 2.24) is 4.90 Å². The predicted molar refractivity (Wildman–Crippen MR) is 101 cm³/mol. The van der Waals surface area contributed by atoms with Crippen molar-refractivity contribution in [2.45, 2.75) is 25.0 Å². The number of ether oxygens (including phenoxy) is 1. The van der Waals surface area contributed by atoms with Crippen LogP contribution >= 0.6 is 0 Å². The number of hydrogen-bond acceptors (Lipinski definition) is 4. The first-order chi connectivity index (χ1) is 13.6. The van der Waals surface area contributed by atoms with E-state index in [-0.39, 0.29) is 29.5 Å². The molecule has 0 saturated carbocycles. The number of nitrogens with zero attached hydrogens (tertiary/aromatic N) is 1. The van der Waals surface area contributed by atoms with E-state index in [9.17, 15) is 19.1 Å². The summed E-state index contributed by atoms with van der Waals surface area (Å²) in [6.45, 7) is 0.776. The van der Waals surface area contributed by atoms with Crippen LogP contribution < -0.4 is 0 Å². The lowest BCUT2D eigenvalue weighted by atomic mass is 9.95. The molecule has 0 bridgehead atoms. The summed E-state index contributed by atoms with van der Waals surface area (Å²) in [6, 6.07) is 13.5. The number of likely N-dealkylation sites (tertiary alicyclic amines) is 1. The SMILES string of the molecule is O=C1C(=O)N(C[C@@H]2CCCO2)[C@H](c2ccccc2F)/C1=C(\O)c1ccccc1. The van der Waals surface area contributed by atoms with Gasteiger partial charge in [-0.05, 0) is 18.9 Å². The molecule has 2 aliphatic heterocycles. The fourth-order valence-corrected chi connectivity index (χ4v) is 3.85. The van der Waals surface area contributed by atoms with Gasteiger partial charge in [0.25, 0.3) is 11.7 Å². The summed E-state index contributed by atoms with van der Waals surface area (Å²) < 4.78 is 20.3. The summed E-state index contributed by atoms with van der Waals surface area (Å²) in [5.74, 6) is -2.40. The van der Waals surface area contributed by atoms with Gasteiger partial charge in [0, 0.05) is 24.3 Å². The van der Waals surface area contributed by atoms with E-state index in [2.05, 4.69) is 0 Å². The van der Waals surface area contributed by atoms with Gasteiger partial charge in [0.05, 0.1) is 17.7 Å². The zero-order chi connectivity index (χ0) is 19.7. The zero-order valence-corrected chi connectivity index (χ0v) is 15.2. The average Bonchev–Trinajstić information content (AvgIpc) is 3.31. The highest BCUT2D eigenvalue weighted by Gasteiger charge is 2.47. The summed E-state index contributed by atoms with van der Waals surface area (Å²) in [6.07, 6.45) is 1.44. The van der Waals surface area contributed by atoms with Gasteiger partial charge in [0.2, 0.25) is 0 Å². The van der Waals surface area contributed by atoms with Crippen LogP contribution in [0.1, 0.15) is 30.0 Å². The van der Waals surface area contributed by atoms with Gasteiger partial charge in [-0.2, -0.15) is 0 Å². The third-order valence-electron chi connectivity index (χ3n) is 5.21. The number of Topliss-reactive ketones (excluding diaryl/α,β-unsaturated/α-hetero) is 1. The molecule has 2 atom stereocenters. The molecule has 5 nitrogen and oxygen atoms in total. The molecule has 0 radical (unpaired) electrons. The van der Waals surface area contributed by atoms with Crippen molar-refractivity contribution in [1.29, 1.82) is 0 Å². The van der Waals surface area contributed by atoms with Crippen LogP contribution in [0.2, 0.25) is 0 Å². The number of hydrogen-bond donors (Lipinski definition) is 1. The van der Waals surface area contributed by atoms with Crippen molar-refractivity contribution < 1.29 is 23.8 Å². The van der Waals surface area contributed by atoms with Crippen LogP contribution in [0.25, 0.3) is 5.76 Å². The maximum atomic E-state index is 14.6. The highest BCUT2D eigenvalue weighted by molar-refractivity contribution is 6.46. The van der Waals surface area contributed by atoms with E-state index in [0.29, 0.717) is 12.2 Å². The fraction of sp³-hybridized carbons (Fsp3) is 0.273. The Labute approximate surface area is 162 Å². The topological polar surface area (TPSA) is 66.8 Å². The van der Waals surface area contributed by atoms with Crippen molar-refractivity contribution in [3.05, 3.63) is 77.1 Å². The van der Waals surface area contributed by atoms with E-state index >= 15 is 0 Å². The van der Waals surface area contributed by atoms with Crippen LogP contribution in [0, 0.1) is 5.82 Å². The number of halogens is 1. The van der Waals surface area contributed by atoms with Crippen LogP contribution in [0.3, 0.4) is 0 Å². The smallest absolute Gasteiger partial charge is 0.295 e. The molecule has 2 aliphatic rings. The molecule has 144 valence electrons. The van der Waals surface area contributed by atoms with Crippen molar-refractivity contribution in [2.24, 2.45) is 0 Å². The molecule has 2 saturated heterocycles. The first kappa shape index (κ1) is 18.4. The minimum atomic E-state index is -0.995. The Morgan fingerprint density at radius 2 is 1.82 bits per heavy atom. The van der Waals surface area contributed by atoms with Gasteiger partial charge < -0.3 is 14.7 Å². The third-order valence-corrected chi connectivity index (χ3v) is 5.21. The molecule has 2 heterocycles. The number of aliphatic hydroxyl groups excluding tert-OH is 1. The summed E-state index contributed by atoms with van der Waals surface area (Å²) >= 11 is 0. The number of aliphatic hydroxyl groups is 1. The average molecular weight is 381 g/mol. The molecular weight excluding hydrogens is 361 g/mol. The summed E-state index contributed by atoms with van der Waals surface area (Å²) in [5, 5.41) is 10.8. The summed E-state index contributed by atoms with van der Waals surface area (Å²) in [5.41, 5.74) is 0.482. The molecule has 2 fully saturated rings. The number of ketones is 1. The molecule has 1 N–H and O–H groups in total. The van der Waals surface area contributed by atoms with Gasteiger partial charge in [-0.1, -0.05) is 48.5 Å². The fourth-order valence-electron chi connectivity index (χ4n) is 3.85. The minimum absolute atomic E-state index is 0.0979. The van der Waals surface area contributed by atoms with Gasteiger partial charge in [0.1, 0.15) is 11.6 Å². The number of benzene rings is 2. The monoisotopic (exact) mass is 381 g/mol. The number of carbonyl (C=O) groups excluding carboxylic acids is 2. The quantitative estimate of drug-likeness (QED) is 0.501. The Bertz CT molecular complexity index is 935. The van der Waals surface area contributed by atoms with E-state index in [4.69, 9.17) is 4.74 Å². The Kier molecular flexibility index (Phi) is 4.96. The molecule has 6 heteroatoms. The van der Waals surface area contributed by atoms with Gasteiger partial charge in [-0.15, -0.1) is 0 Å². The van der Waals surface area contributed by atoms with Crippen LogP contribution in [-0.4, -0.2) is 41.0 Å². The Morgan fingerprint density at radius 3 is 2.50 bits per heavy atom. The first-order valence-electron chi connectivity index (χ1n) is 9.28. The lowest BCUT2D eigenvalue weighted by Crippen LogP contribution is -2.36. The van der Waals surface area contributed by atoms with Gasteiger partial charge in [-0.25, -0.2) is 4.39 Å². The standard InChI is InChI=1S/C22H20FNO4/c23-17-11-5-4-10-16(17)19-18(20(25)14-7-2-1-3-8-14)21(26)22(27)24(19)13-15-9-6-12-28-15/h1-5,7-8,10-11,15,19,25H,6,9,12-13H2/b20-18+/t15-,19+/m0/s1. The molecule has 0 aliphatic carbocycles. The Morgan fingerprint density at radius 1 is 1.11 bits per heavy atom. The van der Waals surface area contributed by atoms with Crippen molar-refractivity contribution >= 4 is 17.4 Å². The minimum Gasteiger partial charge on any atom is -0.507 e. The number of carbonyl (C=O) groups is 2. The van der Waals surface area contributed by atoms with Crippen molar-refractivity contribution in [3.8, 4) is 0 Å². The van der Waals surface area contributed by atoms with Crippen molar-refractivity contribution in [2.75, 3.05) is 13.2 Å².